The number of halogens is 1. The van der Waals surface area contributed by atoms with E-state index in [0.29, 0.717) is 13.0 Å². The van der Waals surface area contributed by atoms with Crippen LogP contribution in [0.3, 0.4) is 0 Å². The average molecular weight is 223 g/mol. The van der Waals surface area contributed by atoms with Gasteiger partial charge in [0.05, 0.1) is 6.10 Å². The Morgan fingerprint density at radius 3 is 2.88 bits per heavy atom. The Morgan fingerprint density at radius 1 is 1.44 bits per heavy atom. The Labute approximate surface area is 95.8 Å². The third-order valence-corrected chi connectivity index (χ3v) is 2.83. The van der Waals surface area contributed by atoms with Crippen molar-refractivity contribution in [3.8, 4) is 5.75 Å². The molecule has 1 unspecified atom stereocenters. The van der Waals surface area contributed by atoms with E-state index in [-0.39, 0.29) is 6.10 Å². The van der Waals surface area contributed by atoms with Gasteiger partial charge in [-0.3, -0.25) is 0 Å². The number of alkyl halides is 1. The summed E-state index contributed by atoms with van der Waals surface area (Å²) < 4.78 is 20.0. The highest BCUT2D eigenvalue weighted by atomic mass is 19.1. The molecule has 2 rings (SSSR count). The quantitative estimate of drug-likeness (QED) is 0.850. The molecule has 1 atom stereocenters. The number of hydrogen-bond acceptors (Lipinski definition) is 2. The van der Waals surface area contributed by atoms with Crippen LogP contribution in [0.4, 0.5) is 4.39 Å². The van der Waals surface area contributed by atoms with Crippen LogP contribution in [0.2, 0.25) is 0 Å². The maximum atomic E-state index is 14.4. The highest BCUT2D eigenvalue weighted by molar-refractivity contribution is 5.33. The summed E-state index contributed by atoms with van der Waals surface area (Å²) in [4.78, 5) is 0. The van der Waals surface area contributed by atoms with Gasteiger partial charge >= 0.3 is 0 Å². The fourth-order valence-corrected chi connectivity index (χ4v) is 2.03. The van der Waals surface area contributed by atoms with E-state index in [0.717, 1.165) is 17.9 Å². The van der Waals surface area contributed by atoms with Crippen LogP contribution in [-0.2, 0) is 5.67 Å². The van der Waals surface area contributed by atoms with Crippen molar-refractivity contribution in [3.05, 3.63) is 29.8 Å². The number of hydrogen-bond donors (Lipinski definition) is 1. The number of ether oxygens (including phenoxy) is 1. The van der Waals surface area contributed by atoms with Crippen molar-refractivity contribution in [2.24, 2.45) is 0 Å². The summed E-state index contributed by atoms with van der Waals surface area (Å²) in [5.74, 6) is 0.747. The van der Waals surface area contributed by atoms with Gasteiger partial charge in [-0.15, -0.1) is 0 Å². The molecule has 88 valence electrons. The molecule has 1 aromatic carbocycles. The van der Waals surface area contributed by atoms with Gasteiger partial charge in [0.1, 0.15) is 11.4 Å². The van der Waals surface area contributed by atoms with Crippen LogP contribution >= 0.6 is 0 Å². The van der Waals surface area contributed by atoms with E-state index < -0.39 is 5.67 Å². The molecule has 16 heavy (non-hydrogen) atoms. The number of rotatable bonds is 3. The van der Waals surface area contributed by atoms with E-state index in [1.807, 2.05) is 38.1 Å². The minimum absolute atomic E-state index is 0.118. The molecule has 0 spiro atoms. The van der Waals surface area contributed by atoms with Crippen LogP contribution in [0, 0.1) is 0 Å². The van der Waals surface area contributed by atoms with Gasteiger partial charge in [0, 0.05) is 6.54 Å². The third kappa shape index (κ3) is 2.35. The average Bonchev–Trinajstić information content (AvgIpc) is 2.66. The summed E-state index contributed by atoms with van der Waals surface area (Å²) in [6.07, 6.45) is 0.658. The molecule has 1 heterocycles. The van der Waals surface area contributed by atoms with Crippen molar-refractivity contribution in [3.63, 3.8) is 0 Å². The fraction of sp³-hybridized carbons (Fsp3) is 0.538. The van der Waals surface area contributed by atoms with Gasteiger partial charge in [0.2, 0.25) is 0 Å². The van der Waals surface area contributed by atoms with Crippen molar-refractivity contribution in [2.75, 3.05) is 13.1 Å². The standard InChI is InChI=1S/C13H18FNO/c1-10(2)16-12-5-3-4-11(8-12)13(14)6-7-15-9-13/h3-5,8,10,15H,6-7,9H2,1-2H3. The molecule has 1 aromatic rings. The van der Waals surface area contributed by atoms with Crippen LogP contribution in [0.25, 0.3) is 0 Å². The predicted octanol–water partition coefficient (Wildman–Crippen LogP) is 2.63. The normalized spacial score (nSPS) is 25.0. The minimum Gasteiger partial charge on any atom is -0.491 e. The summed E-state index contributed by atoms with van der Waals surface area (Å²) in [5, 5.41) is 3.06. The lowest BCUT2D eigenvalue weighted by atomic mass is 9.95. The van der Waals surface area contributed by atoms with Gasteiger partial charge in [0.15, 0.2) is 0 Å². The Balaban J connectivity index is 2.21. The Morgan fingerprint density at radius 2 is 2.25 bits per heavy atom. The summed E-state index contributed by atoms with van der Waals surface area (Å²) in [6, 6.07) is 7.37. The lowest BCUT2D eigenvalue weighted by Gasteiger charge is -2.20. The SMILES string of the molecule is CC(C)Oc1cccc(C2(F)CCNC2)c1. The lowest BCUT2D eigenvalue weighted by Crippen LogP contribution is -2.23. The summed E-state index contributed by atoms with van der Waals surface area (Å²) >= 11 is 0. The molecule has 1 saturated heterocycles. The van der Waals surface area contributed by atoms with E-state index >= 15 is 0 Å². The lowest BCUT2D eigenvalue weighted by molar-refractivity contribution is 0.191. The second kappa shape index (κ2) is 4.42. The van der Waals surface area contributed by atoms with Crippen LogP contribution in [0.5, 0.6) is 5.75 Å². The van der Waals surface area contributed by atoms with E-state index in [1.165, 1.54) is 0 Å². The molecule has 0 saturated carbocycles. The Bertz CT molecular complexity index is 359. The molecule has 1 N–H and O–H groups in total. The van der Waals surface area contributed by atoms with Gasteiger partial charge in [0.25, 0.3) is 0 Å². The van der Waals surface area contributed by atoms with Crippen LogP contribution in [0.1, 0.15) is 25.8 Å². The van der Waals surface area contributed by atoms with Crippen molar-refractivity contribution in [2.45, 2.75) is 32.0 Å². The summed E-state index contributed by atoms with van der Waals surface area (Å²) in [7, 11) is 0. The van der Waals surface area contributed by atoms with Gasteiger partial charge in [-0.05, 0) is 44.5 Å². The first-order chi connectivity index (χ1) is 7.60. The molecule has 3 heteroatoms. The largest absolute Gasteiger partial charge is 0.491 e. The van der Waals surface area contributed by atoms with Crippen LogP contribution in [-0.4, -0.2) is 19.2 Å². The molecule has 1 aliphatic rings. The Kier molecular flexibility index (Phi) is 3.15. The number of benzene rings is 1. The minimum atomic E-state index is -1.23. The predicted molar refractivity (Wildman–Crippen MR) is 62.5 cm³/mol. The summed E-state index contributed by atoms with van der Waals surface area (Å²) in [6.45, 7) is 5.08. The molecule has 0 amide bonds. The maximum absolute atomic E-state index is 14.4. The Hall–Kier alpha value is -1.09. The van der Waals surface area contributed by atoms with Crippen molar-refractivity contribution >= 4 is 0 Å². The topological polar surface area (TPSA) is 21.3 Å². The fourth-order valence-electron chi connectivity index (χ4n) is 2.03. The van der Waals surface area contributed by atoms with Crippen molar-refractivity contribution in [1.29, 1.82) is 0 Å². The monoisotopic (exact) mass is 223 g/mol. The molecule has 0 aliphatic carbocycles. The van der Waals surface area contributed by atoms with Gasteiger partial charge in [-0.2, -0.15) is 0 Å². The van der Waals surface area contributed by atoms with Gasteiger partial charge in [-0.1, -0.05) is 12.1 Å². The van der Waals surface area contributed by atoms with E-state index in [2.05, 4.69) is 5.32 Å². The maximum Gasteiger partial charge on any atom is 0.149 e. The summed E-state index contributed by atoms with van der Waals surface area (Å²) in [5.41, 5.74) is -0.508. The second-order valence-corrected chi connectivity index (χ2v) is 4.59. The second-order valence-electron chi connectivity index (χ2n) is 4.59. The first kappa shape index (κ1) is 11.4. The first-order valence-electron chi connectivity index (χ1n) is 5.77. The molecular formula is C13H18FNO. The molecule has 0 bridgehead atoms. The van der Waals surface area contributed by atoms with Crippen LogP contribution < -0.4 is 10.1 Å². The highest BCUT2D eigenvalue weighted by Crippen LogP contribution is 2.33. The molecule has 1 fully saturated rings. The van der Waals surface area contributed by atoms with E-state index in [9.17, 15) is 4.39 Å². The number of nitrogens with one attached hydrogen (secondary N) is 1. The highest BCUT2D eigenvalue weighted by Gasteiger charge is 2.35. The van der Waals surface area contributed by atoms with Crippen LogP contribution in [0.15, 0.2) is 24.3 Å². The van der Waals surface area contributed by atoms with Gasteiger partial charge < -0.3 is 10.1 Å². The van der Waals surface area contributed by atoms with Crippen molar-refractivity contribution < 1.29 is 9.13 Å². The zero-order valence-corrected chi connectivity index (χ0v) is 9.79. The van der Waals surface area contributed by atoms with E-state index in [4.69, 9.17) is 4.74 Å². The molecule has 0 radical (unpaired) electrons. The van der Waals surface area contributed by atoms with Crippen molar-refractivity contribution in [1.82, 2.24) is 5.32 Å². The molecule has 2 nitrogen and oxygen atoms in total. The first-order valence-corrected chi connectivity index (χ1v) is 5.77. The zero-order chi connectivity index (χ0) is 11.6. The molecular weight excluding hydrogens is 205 g/mol. The van der Waals surface area contributed by atoms with E-state index in [1.54, 1.807) is 0 Å². The smallest absolute Gasteiger partial charge is 0.149 e. The molecule has 0 aromatic heterocycles. The third-order valence-electron chi connectivity index (χ3n) is 2.83. The zero-order valence-electron chi connectivity index (χ0n) is 9.79. The van der Waals surface area contributed by atoms with Gasteiger partial charge in [-0.25, -0.2) is 4.39 Å². The molecule has 1 aliphatic heterocycles.